The fourth-order valence-corrected chi connectivity index (χ4v) is 6.80. The van der Waals surface area contributed by atoms with Gasteiger partial charge >= 0.3 is 17.9 Å². The van der Waals surface area contributed by atoms with Crippen molar-refractivity contribution in [1.82, 2.24) is 0 Å². The lowest BCUT2D eigenvalue weighted by Gasteiger charge is -2.18. The van der Waals surface area contributed by atoms with Crippen LogP contribution in [0.25, 0.3) is 0 Å². The van der Waals surface area contributed by atoms with Crippen molar-refractivity contribution in [3.63, 3.8) is 0 Å². The lowest BCUT2D eigenvalue weighted by Crippen LogP contribution is -2.30. The molecule has 0 bridgehead atoms. The van der Waals surface area contributed by atoms with Gasteiger partial charge in [0.1, 0.15) is 13.2 Å². The predicted molar refractivity (Wildman–Crippen MR) is 247 cm³/mol. The molecule has 58 heavy (non-hydrogen) atoms. The molecule has 0 aromatic heterocycles. The zero-order valence-corrected chi connectivity index (χ0v) is 38.3. The van der Waals surface area contributed by atoms with Crippen LogP contribution in [0.15, 0.2) is 48.6 Å². The minimum atomic E-state index is -0.779. The van der Waals surface area contributed by atoms with E-state index in [0.717, 1.165) is 96.3 Å². The van der Waals surface area contributed by atoms with Gasteiger partial charge in [-0.1, -0.05) is 191 Å². The quantitative estimate of drug-likeness (QED) is 0.0264. The predicted octanol–water partition coefficient (Wildman–Crippen LogP) is 15.9. The molecule has 6 nitrogen and oxygen atoms in total. The van der Waals surface area contributed by atoms with Gasteiger partial charge in [-0.2, -0.15) is 0 Å². The summed E-state index contributed by atoms with van der Waals surface area (Å²) in [7, 11) is 0. The number of carbonyl (C=O) groups is 3. The molecule has 0 aliphatic heterocycles. The van der Waals surface area contributed by atoms with Gasteiger partial charge in [-0.3, -0.25) is 14.4 Å². The van der Waals surface area contributed by atoms with E-state index < -0.39 is 6.10 Å². The van der Waals surface area contributed by atoms with E-state index >= 15 is 0 Å². The van der Waals surface area contributed by atoms with Crippen LogP contribution in [0.4, 0.5) is 0 Å². The van der Waals surface area contributed by atoms with Gasteiger partial charge in [0.05, 0.1) is 0 Å². The monoisotopic (exact) mass is 813 g/mol. The molecule has 0 fully saturated rings. The van der Waals surface area contributed by atoms with Gasteiger partial charge in [0.25, 0.3) is 0 Å². The van der Waals surface area contributed by atoms with Crippen molar-refractivity contribution in [3.8, 4) is 0 Å². The second kappa shape index (κ2) is 47.1. The zero-order chi connectivity index (χ0) is 42.3. The Morgan fingerprint density at radius 3 is 1.00 bits per heavy atom. The lowest BCUT2D eigenvalue weighted by atomic mass is 10.1. The molecule has 1 atom stereocenters. The Morgan fingerprint density at radius 2 is 0.621 bits per heavy atom. The summed E-state index contributed by atoms with van der Waals surface area (Å²) in [6, 6.07) is 0. The molecule has 6 heteroatoms. The number of hydrogen-bond acceptors (Lipinski definition) is 6. The average molecular weight is 813 g/mol. The minimum Gasteiger partial charge on any atom is -0.462 e. The van der Waals surface area contributed by atoms with Crippen LogP contribution in [0.5, 0.6) is 0 Å². The number of allylic oxidation sites excluding steroid dienone is 8. The van der Waals surface area contributed by atoms with Crippen LogP contribution in [0.2, 0.25) is 0 Å². The van der Waals surface area contributed by atoms with Crippen LogP contribution < -0.4 is 0 Å². The Hall–Kier alpha value is -2.63. The number of carbonyl (C=O) groups excluding carboxylic acids is 3. The molecule has 336 valence electrons. The van der Waals surface area contributed by atoms with Crippen molar-refractivity contribution in [3.05, 3.63) is 48.6 Å². The molecule has 0 spiro atoms. The number of hydrogen-bond donors (Lipinski definition) is 0. The standard InChI is InChI=1S/C52H92O6/c1-4-7-10-13-16-18-20-22-24-25-26-28-29-31-33-36-39-42-45-51(54)57-48-49(47-56-50(53)44-41-38-35-15-12-9-6-3)58-52(55)46-43-40-37-34-32-30-27-23-21-19-17-14-11-8-5-2/h17-20,23-25,27,49H,4-16,21-22,26,28-48H2,1-3H3/b19-17-,20-18-,25-24-,27-23-. The Labute approximate surface area is 358 Å². The van der Waals surface area contributed by atoms with Crippen molar-refractivity contribution in [2.24, 2.45) is 0 Å². The average Bonchev–Trinajstić information content (AvgIpc) is 3.22. The first-order chi connectivity index (χ1) is 28.5. The molecular formula is C52H92O6. The fourth-order valence-electron chi connectivity index (χ4n) is 6.80. The summed E-state index contributed by atoms with van der Waals surface area (Å²) >= 11 is 0. The van der Waals surface area contributed by atoms with Crippen molar-refractivity contribution in [1.29, 1.82) is 0 Å². The molecule has 0 saturated heterocycles. The molecule has 0 rings (SSSR count). The summed E-state index contributed by atoms with van der Waals surface area (Å²) in [4.78, 5) is 37.7. The maximum atomic E-state index is 12.7. The second-order valence-electron chi connectivity index (χ2n) is 16.4. The molecule has 0 aromatic rings. The normalized spacial score (nSPS) is 12.4. The molecule has 0 saturated carbocycles. The Kier molecular flexibility index (Phi) is 44.9. The van der Waals surface area contributed by atoms with Gasteiger partial charge in [0.2, 0.25) is 0 Å². The van der Waals surface area contributed by atoms with Gasteiger partial charge < -0.3 is 14.2 Å². The topological polar surface area (TPSA) is 78.9 Å². The van der Waals surface area contributed by atoms with Gasteiger partial charge in [0, 0.05) is 19.3 Å². The first-order valence-electron chi connectivity index (χ1n) is 24.6. The first-order valence-corrected chi connectivity index (χ1v) is 24.6. The molecule has 0 heterocycles. The Bertz CT molecular complexity index is 1030. The maximum Gasteiger partial charge on any atom is 0.306 e. The third-order valence-electron chi connectivity index (χ3n) is 10.6. The summed E-state index contributed by atoms with van der Waals surface area (Å²) in [6.07, 6.45) is 55.3. The van der Waals surface area contributed by atoms with Gasteiger partial charge in [-0.15, -0.1) is 0 Å². The maximum absolute atomic E-state index is 12.7. The van der Waals surface area contributed by atoms with Crippen molar-refractivity contribution < 1.29 is 28.6 Å². The van der Waals surface area contributed by atoms with Crippen LogP contribution in [-0.4, -0.2) is 37.2 Å². The highest BCUT2D eigenvalue weighted by molar-refractivity contribution is 5.71. The molecule has 0 aliphatic carbocycles. The highest BCUT2D eigenvalue weighted by Crippen LogP contribution is 2.14. The van der Waals surface area contributed by atoms with Crippen molar-refractivity contribution >= 4 is 17.9 Å². The third-order valence-corrected chi connectivity index (χ3v) is 10.6. The van der Waals surface area contributed by atoms with E-state index in [4.69, 9.17) is 14.2 Å². The molecule has 0 aromatic carbocycles. The van der Waals surface area contributed by atoms with Gasteiger partial charge in [0.15, 0.2) is 6.10 Å². The highest BCUT2D eigenvalue weighted by Gasteiger charge is 2.19. The van der Waals surface area contributed by atoms with E-state index in [0.29, 0.717) is 19.3 Å². The van der Waals surface area contributed by atoms with Crippen LogP contribution in [0.1, 0.15) is 245 Å². The molecule has 1 unspecified atom stereocenters. The summed E-state index contributed by atoms with van der Waals surface area (Å²) in [6.45, 7) is 6.54. The summed E-state index contributed by atoms with van der Waals surface area (Å²) < 4.78 is 16.7. The van der Waals surface area contributed by atoms with Crippen molar-refractivity contribution in [2.45, 2.75) is 252 Å². The van der Waals surface area contributed by atoms with E-state index in [9.17, 15) is 14.4 Å². The Balaban J connectivity index is 4.30. The lowest BCUT2D eigenvalue weighted by molar-refractivity contribution is -0.167. The largest absolute Gasteiger partial charge is 0.462 e. The SMILES string of the molecule is CCCCC/C=C\C/C=C\CCCCCCCC(=O)OC(COC(=O)CCCCCCCCC)COC(=O)CCCCCCCCC/C=C\C/C=C\CCCCCC. The van der Waals surface area contributed by atoms with Gasteiger partial charge in [-0.25, -0.2) is 0 Å². The van der Waals surface area contributed by atoms with Crippen LogP contribution >= 0.6 is 0 Å². The number of esters is 3. The van der Waals surface area contributed by atoms with Crippen molar-refractivity contribution in [2.75, 3.05) is 13.2 Å². The van der Waals surface area contributed by atoms with Crippen LogP contribution in [0, 0.1) is 0 Å². The smallest absolute Gasteiger partial charge is 0.306 e. The first kappa shape index (κ1) is 55.4. The van der Waals surface area contributed by atoms with Crippen LogP contribution in [-0.2, 0) is 28.6 Å². The number of ether oxygens (including phenoxy) is 3. The molecule has 0 radical (unpaired) electrons. The zero-order valence-electron chi connectivity index (χ0n) is 38.3. The van der Waals surface area contributed by atoms with E-state index in [1.54, 1.807) is 0 Å². The highest BCUT2D eigenvalue weighted by atomic mass is 16.6. The summed E-state index contributed by atoms with van der Waals surface area (Å²) in [5.41, 5.74) is 0. The van der Waals surface area contributed by atoms with E-state index in [1.807, 2.05) is 0 Å². The van der Waals surface area contributed by atoms with E-state index in [-0.39, 0.29) is 31.1 Å². The Morgan fingerprint density at radius 1 is 0.345 bits per heavy atom. The third kappa shape index (κ3) is 44.5. The summed E-state index contributed by atoms with van der Waals surface area (Å²) in [5.74, 6) is -0.906. The fraction of sp³-hybridized carbons (Fsp3) is 0.788. The van der Waals surface area contributed by atoms with E-state index in [2.05, 4.69) is 69.4 Å². The minimum absolute atomic E-state index is 0.0808. The molecular weight excluding hydrogens is 721 g/mol. The second-order valence-corrected chi connectivity index (χ2v) is 16.4. The summed E-state index contributed by atoms with van der Waals surface area (Å²) in [5, 5.41) is 0. The molecule has 0 N–H and O–H groups in total. The van der Waals surface area contributed by atoms with Gasteiger partial charge in [-0.05, 0) is 83.5 Å². The number of unbranched alkanes of at least 4 members (excludes halogenated alkanes) is 25. The molecule has 0 amide bonds. The molecule has 0 aliphatic rings. The number of rotatable bonds is 44. The van der Waals surface area contributed by atoms with Crippen LogP contribution in [0.3, 0.4) is 0 Å². The van der Waals surface area contributed by atoms with E-state index in [1.165, 1.54) is 109 Å².